The number of benzene rings is 2. The third-order valence-electron chi connectivity index (χ3n) is 10.4. The van der Waals surface area contributed by atoms with Crippen molar-refractivity contribution in [2.45, 2.75) is 64.1 Å². The molecule has 4 aliphatic rings. The van der Waals surface area contributed by atoms with E-state index in [1.165, 1.54) is 43.8 Å². The smallest absolute Gasteiger partial charge is 0.268 e. The SMILES string of the molecule is Cn1cc(-c2cc(F)cc(N3CCc4c(sc5c4CCCC5)C3=O)c2CO)cc(Cc2ccc3c(c2)CCN(C2COC2)C3)c1=O. The van der Waals surface area contributed by atoms with Gasteiger partial charge in [-0.1, -0.05) is 18.2 Å². The lowest BCUT2D eigenvalue weighted by atomic mass is 9.91. The lowest BCUT2D eigenvalue weighted by Crippen LogP contribution is -2.50. The van der Waals surface area contributed by atoms with Crippen molar-refractivity contribution >= 4 is 22.9 Å². The number of halogens is 1. The van der Waals surface area contributed by atoms with E-state index in [0.717, 1.165) is 75.3 Å². The quantitative estimate of drug-likeness (QED) is 0.315. The van der Waals surface area contributed by atoms with Crippen LogP contribution in [0.3, 0.4) is 0 Å². The first-order chi connectivity index (χ1) is 22.4. The lowest BCUT2D eigenvalue weighted by Gasteiger charge is -2.40. The molecule has 0 atom stereocenters. The molecule has 5 heterocycles. The highest BCUT2D eigenvalue weighted by molar-refractivity contribution is 7.14. The Kier molecular flexibility index (Phi) is 7.68. The molecule has 1 aliphatic carbocycles. The molecule has 0 radical (unpaired) electrons. The van der Waals surface area contributed by atoms with E-state index in [9.17, 15) is 14.7 Å². The van der Waals surface area contributed by atoms with Crippen LogP contribution in [0.2, 0.25) is 0 Å². The van der Waals surface area contributed by atoms with E-state index in [4.69, 9.17) is 4.74 Å². The second-order valence-corrected chi connectivity index (χ2v) is 14.3. The van der Waals surface area contributed by atoms with Crippen LogP contribution in [0, 0.1) is 5.82 Å². The van der Waals surface area contributed by atoms with Gasteiger partial charge < -0.3 is 19.3 Å². The second kappa shape index (κ2) is 11.9. The fourth-order valence-corrected chi connectivity index (χ4v) is 9.18. The molecule has 46 heavy (non-hydrogen) atoms. The van der Waals surface area contributed by atoms with Crippen molar-refractivity contribution in [3.63, 3.8) is 0 Å². The minimum absolute atomic E-state index is 0.111. The average Bonchev–Trinajstić information content (AvgIpc) is 3.42. The number of ether oxygens (including phenoxy) is 1. The van der Waals surface area contributed by atoms with Gasteiger partial charge in [0.15, 0.2) is 0 Å². The number of carbonyl (C=O) groups is 1. The van der Waals surface area contributed by atoms with Crippen molar-refractivity contribution in [2.75, 3.05) is 31.2 Å². The van der Waals surface area contributed by atoms with Gasteiger partial charge in [0, 0.05) is 55.3 Å². The summed E-state index contributed by atoms with van der Waals surface area (Å²) in [5.74, 6) is -0.608. The Morgan fingerprint density at radius 2 is 1.83 bits per heavy atom. The Hall–Kier alpha value is -3.63. The van der Waals surface area contributed by atoms with Crippen molar-refractivity contribution in [1.29, 1.82) is 0 Å². The second-order valence-electron chi connectivity index (χ2n) is 13.2. The van der Waals surface area contributed by atoms with Crippen molar-refractivity contribution in [2.24, 2.45) is 7.05 Å². The molecule has 238 valence electrons. The van der Waals surface area contributed by atoms with E-state index in [1.54, 1.807) is 29.5 Å². The molecular formula is C37H38FN3O4S. The van der Waals surface area contributed by atoms with E-state index in [2.05, 4.69) is 23.1 Å². The van der Waals surface area contributed by atoms with Crippen LogP contribution >= 0.6 is 11.3 Å². The molecule has 7 nitrogen and oxygen atoms in total. The van der Waals surface area contributed by atoms with E-state index >= 15 is 4.39 Å². The number of aliphatic hydroxyl groups is 1. The first-order valence-electron chi connectivity index (χ1n) is 16.4. The summed E-state index contributed by atoms with van der Waals surface area (Å²) in [5, 5.41) is 10.7. The summed E-state index contributed by atoms with van der Waals surface area (Å²) >= 11 is 1.59. The van der Waals surface area contributed by atoms with E-state index in [-0.39, 0.29) is 18.1 Å². The van der Waals surface area contributed by atoms with Crippen molar-refractivity contribution in [1.82, 2.24) is 9.47 Å². The Labute approximate surface area is 271 Å². The summed E-state index contributed by atoms with van der Waals surface area (Å²) in [7, 11) is 1.70. The average molecular weight is 640 g/mol. The van der Waals surface area contributed by atoms with Crippen molar-refractivity contribution in [3.05, 3.63) is 107 Å². The van der Waals surface area contributed by atoms with Gasteiger partial charge in [-0.25, -0.2) is 4.39 Å². The lowest BCUT2D eigenvalue weighted by molar-refractivity contribution is -0.0695. The molecule has 8 rings (SSSR count). The standard InChI is InChI=1S/C37H38FN3O4S/c1-39-17-26(14-25(36(39)43)13-22-6-7-24-18-40(28-20-45-21-28)10-8-23(24)12-22)31-15-27(38)16-33(32(31)19-42)41-11-9-30-29-4-2-3-5-34(29)46-35(30)37(41)44/h6-7,12,14-17,28,42H,2-5,8-11,13,18-21H2,1H3. The molecule has 2 aromatic carbocycles. The molecule has 0 saturated carbocycles. The summed E-state index contributed by atoms with van der Waals surface area (Å²) < 4.78 is 22.3. The van der Waals surface area contributed by atoms with Crippen molar-refractivity contribution < 1.29 is 19.0 Å². The van der Waals surface area contributed by atoms with Crippen LogP contribution in [-0.2, 0) is 57.0 Å². The van der Waals surface area contributed by atoms with Crippen molar-refractivity contribution in [3.8, 4) is 11.1 Å². The number of aromatic nitrogens is 1. The summed E-state index contributed by atoms with van der Waals surface area (Å²) in [5.41, 5.74) is 8.71. The molecule has 3 aliphatic heterocycles. The van der Waals surface area contributed by atoms with Crippen LogP contribution in [0.1, 0.15) is 66.3 Å². The monoisotopic (exact) mass is 639 g/mol. The third-order valence-corrected chi connectivity index (χ3v) is 11.7. The number of rotatable bonds is 6. The Morgan fingerprint density at radius 3 is 2.63 bits per heavy atom. The van der Waals surface area contributed by atoms with Gasteiger partial charge >= 0.3 is 0 Å². The number of nitrogens with zero attached hydrogens (tertiary/aromatic N) is 3. The number of fused-ring (bicyclic) bond motifs is 4. The molecule has 1 amide bonds. The molecule has 1 N–H and O–H groups in total. The summed E-state index contributed by atoms with van der Waals surface area (Å²) in [6, 6.07) is 11.6. The maximum atomic E-state index is 15.4. The van der Waals surface area contributed by atoms with Gasteiger partial charge in [0.1, 0.15) is 5.82 Å². The maximum absolute atomic E-state index is 15.4. The predicted octanol–water partition coefficient (Wildman–Crippen LogP) is 5.17. The van der Waals surface area contributed by atoms with Gasteiger partial charge in [-0.3, -0.25) is 14.5 Å². The van der Waals surface area contributed by atoms with E-state index < -0.39 is 5.82 Å². The number of pyridine rings is 1. The zero-order valence-corrected chi connectivity index (χ0v) is 26.9. The van der Waals surface area contributed by atoms with Crippen LogP contribution in [0.5, 0.6) is 0 Å². The third kappa shape index (κ3) is 5.14. The molecular weight excluding hydrogens is 601 g/mol. The number of anilines is 1. The minimum Gasteiger partial charge on any atom is -0.392 e. The van der Waals surface area contributed by atoms with Gasteiger partial charge in [0.2, 0.25) is 0 Å². The first-order valence-corrected chi connectivity index (χ1v) is 17.2. The molecule has 1 fully saturated rings. The molecule has 0 unspecified atom stereocenters. The van der Waals surface area contributed by atoms with Gasteiger partial charge in [-0.05, 0) is 95.7 Å². The van der Waals surface area contributed by atoms with E-state index in [1.807, 2.05) is 6.07 Å². The zero-order valence-electron chi connectivity index (χ0n) is 26.1. The number of aryl methyl sites for hydroxylation is 2. The number of aliphatic hydroxyl groups excluding tert-OH is 1. The Bertz CT molecular complexity index is 1930. The highest BCUT2D eigenvalue weighted by atomic mass is 32.1. The largest absolute Gasteiger partial charge is 0.392 e. The zero-order chi connectivity index (χ0) is 31.5. The van der Waals surface area contributed by atoms with Crippen LogP contribution in [0.4, 0.5) is 10.1 Å². The summed E-state index contributed by atoms with van der Waals surface area (Å²) in [6.07, 6.45) is 8.17. The molecule has 4 aromatic rings. The highest BCUT2D eigenvalue weighted by Gasteiger charge is 2.34. The Morgan fingerprint density at radius 1 is 0.978 bits per heavy atom. The normalized spacial score (nSPS) is 18.2. The molecule has 1 saturated heterocycles. The number of thiophene rings is 1. The predicted molar refractivity (Wildman–Crippen MR) is 177 cm³/mol. The van der Waals surface area contributed by atoms with Gasteiger partial charge in [0.25, 0.3) is 11.5 Å². The van der Waals surface area contributed by atoms with Gasteiger partial charge in [0.05, 0.1) is 36.4 Å². The number of hydrogen-bond acceptors (Lipinski definition) is 6. The minimum atomic E-state index is -0.487. The van der Waals surface area contributed by atoms with Crippen LogP contribution < -0.4 is 10.5 Å². The van der Waals surface area contributed by atoms with Gasteiger partial charge in [-0.2, -0.15) is 0 Å². The van der Waals surface area contributed by atoms with E-state index in [0.29, 0.717) is 46.9 Å². The van der Waals surface area contributed by atoms with Crippen LogP contribution in [-0.4, -0.2) is 52.8 Å². The first kappa shape index (κ1) is 29.8. The number of carbonyl (C=O) groups excluding carboxylic acids is 1. The topological polar surface area (TPSA) is 75.0 Å². The number of hydrogen-bond donors (Lipinski definition) is 1. The fourth-order valence-electron chi connectivity index (χ4n) is 7.79. The van der Waals surface area contributed by atoms with Crippen LogP contribution in [0.15, 0.2) is 47.4 Å². The fraction of sp³-hybridized carbons (Fsp3) is 0.405. The van der Waals surface area contributed by atoms with Gasteiger partial charge in [-0.15, -0.1) is 11.3 Å². The van der Waals surface area contributed by atoms with Crippen LogP contribution in [0.25, 0.3) is 11.1 Å². The highest BCUT2D eigenvalue weighted by Crippen LogP contribution is 2.41. The summed E-state index contributed by atoms with van der Waals surface area (Å²) in [6.45, 7) is 3.61. The Balaban J connectivity index is 1.11. The summed E-state index contributed by atoms with van der Waals surface area (Å²) in [4.78, 5) is 33.4. The number of amides is 1. The molecule has 0 spiro atoms. The molecule has 9 heteroatoms. The maximum Gasteiger partial charge on any atom is 0.268 e. The molecule has 0 bridgehead atoms. The molecule has 2 aromatic heterocycles.